The number of aliphatic hydroxyl groups is 1. The molecule has 0 aliphatic heterocycles. The van der Waals surface area contributed by atoms with Gasteiger partial charge in [0.25, 0.3) is 0 Å². The number of benzene rings is 2. The van der Waals surface area contributed by atoms with Crippen molar-refractivity contribution in [1.29, 1.82) is 0 Å². The topological polar surface area (TPSA) is 58.3 Å². The second-order valence-electron chi connectivity index (χ2n) is 4.96. The summed E-state index contributed by atoms with van der Waals surface area (Å²) in [6.45, 7) is 3.20. The normalized spacial score (nSPS) is 13.2. The van der Waals surface area contributed by atoms with E-state index in [1.54, 1.807) is 0 Å². The molecule has 0 saturated heterocycles. The molecule has 0 radical (unpaired) electrons. The number of rotatable bonds is 6. The van der Waals surface area contributed by atoms with Crippen molar-refractivity contribution in [2.45, 2.75) is 18.6 Å². The first-order chi connectivity index (χ1) is 9.69. The Balaban J connectivity index is 2.43. The van der Waals surface area contributed by atoms with Crippen LogP contribution in [0.3, 0.4) is 0 Å². The van der Waals surface area contributed by atoms with Crippen LogP contribution in [0.5, 0.6) is 0 Å². The molecule has 3 heteroatoms. The van der Waals surface area contributed by atoms with Crippen molar-refractivity contribution in [2.24, 2.45) is 5.73 Å². The summed E-state index contributed by atoms with van der Waals surface area (Å²) >= 11 is 0. The number of nitrogens with one attached hydrogen (secondary N) is 1. The van der Waals surface area contributed by atoms with Crippen LogP contribution in [0, 0.1) is 0 Å². The summed E-state index contributed by atoms with van der Waals surface area (Å²) in [5.74, 6) is 0. The van der Waals surface area contributed by atoms with Gasteiger partial charge in [0.1, 0.15) is 5.60 Å². The SMILES string of the molecule is CC(NCCN)C(O)(c1ccccc1)c1ccccc1. The minimum Gasteiger partial charge on any atom is -0.379 e. The van der Waals surface area contributed by atoms with Crippen LogP contribution in [0.4, 0.5) is 0 Å². The Hall–Kier alpha value is -1.68. The summed E-state index contributed by atoms with van der Waals surface area (Å²) in [6.07, 6.45) is 0. The van der Waals surface area contributed by atoms with Gasteiger partial charge in [-0.05, 0) is 18.1 Å². The van der Waals surface area contributed by atoms with Gasteiger partial charge in [-0.25, -0.2) is 0 Å². The molecule has 106 valence electrons. The van der Waals surface area contributed by atoms with Gasteiger partial charge in [0, 0.05) is 19.1 Å². The average Bonchev–Trinajstić information content (AvgIpc) is 2.53. The van der Waals surface area contributed by atoms with Crippen LogP contribution >= 0.6 is 0 Å². The molecule has 1 unspecified atom stereocenters. The fraction of sp³-hybridized carbons (Fsp3) is 0.294. The van der Waals surface area contributed by atoms with Crippen molar-refractivity contribution in [3.63, 3.8) is 0 Å². The van der Waals surface area contributed by atoms with Crippen LogP contribution in [-0.2, 0) is 5.60 Å². The summed E-state index contributed by atoms with van der Waals surface area (Å²) in [7, 11) is 0. The molecule has 20 heavy (non-hydrogen) atoms. The highest BCUT2D eigenvalue weighted by Gasteiger charge is 2.37. The summed E-state index contributed by atoms with van der Waals surface area (Å²) in [5.41, 5.74) is 6.24. The van der Waals surface area contributed by atoms with Gasteiger partial charge in [0.05, 0.1) is 0 Å². The molecule has 0 aliphatic carbocycles. The third-order valence-electron chi connectivity index (χ3n) is 3.65. The number of hydrogen-bond donors (Lipinski definition) is 3. The summed E-state index contributed by atoms with van der Waals surface area (Å²) in [4.78, 5) is 0. The Labute approximate surface area is 120 Å². The molecule has 0 fully saturated rings. The minimum absolute atomic E-state index is 0.143. The first-order valence-corrected chi connectivity index (χ1v) is 6.96. The van der Waals surface area contributed by atoms with Crippen LogP contribution < -0.4 is 11.1 Å². The molecule has 0 spiro atoms. The zero-order valence-corrected chi connectivity index (χ0v) is 11.8. The standard InChI is InChI=1S/C17H22N2O/c1-14(19-13-12-18)17(20,15-8-4-2-5-9-15)16-10-6-3-7-11-16/h2-11,14,19-20H,12-13,18H2,1H3. The number of hydrogen-bond acceptors (Lipinski definition) is 3. The Morgan fingerprint density at radius 1 is 1.00 bits per heavy atom. The summed E-state index contributed by atoms with van der Waals surface area (Å²) in [5, 5.41) is 14.6. The van der Waals surface area contributed by atoms with Crippen LogP contribution in [0.1, 0.15) is 18.1 Å². The van der Waals surface area contributed by atoms with Crippen LogP contribution in [0.25, 0.3) is 0 Å². The van der Waals surface area contributed by atoms with Gasteiger partial charge in [-0.15, -0.1) is 0 Å². The van der Waals surface area contributed by atoms with Crippen molar-refractivity contribution in [3.05, 3.63) is 71.8 Å². The lowest BCUT2D eigenvalue weighted by molar-refractivity contribution is 0.0442. The van der Waals surface area contributed by atoms with E-state index < -0.39 is 5.60 Å². The lowest BCUT2D eigenvalue weighted by Gasteiger charge is -2.36. The smallest absolute Gasteiger partial charge is 0.130 e. The van der Waals surface area contributed by atoms with Crippen LogP contribution in [0.2, 0.25) is 0 Å². The van der Waals surface area contributed by atoms with Gasteiger partial charge in [-0.2, -0.15) is 0 Å². The maximum absolute atomic E-state index is 11.3. The van der Waals surface area contributed by atoms with Gasteiger partial charge < -0.3 is 16.2 Å². The summed E-state index contributed by atoms with van der Waals surface area (Å²) < 4.78 is 0. The lowest BCUT2D eigenvalue weighted by Crippen LogP contribution is -2.48. The van der Waals surface area contributed by atoms with E-state index in [4.69, 9.17) is 5.73 Å². The van der Waals surface area contributed by atoms with E-state index in [1.807, 2.05) is 67.6 Å². The summed E-state index contributed by atoms with van der Waals surface area (Å²) in [6, 6.07) is 19.3. The predicted molar refractivity (Wildman–Crippen MR) is 82.4 cm³/mol. The van der Waals surface area contributed by atoms with E-state index in [9.17, 15) is 5.11 Å². The average molecular weight is 270 g/mol. The van der Waals surface area contributed by atoms with Crippen LogP contribution in [0.15, 0.2) is 60.7 Å². The molecule has 3 nitrogen and oxygen atoms in total. The van der Waals surface area contributed by atoms with E-state index in [0.717, 1.165) is 11.1 Å². The molecule has 0 bridgehead atoms. The monoisotopic (exact) mass is 270 g/mol. The zero-order valence-electron chi connectivity index (χ0n) is 11.8. The maximum atomic E-state index is 11.3. The molecule has 0 aromatic heterocycles. The van der Waals surface area contributed by atoms with E-state index >= 15 is 0 Å². The first kappa shape index (κ1) is 14.7. The van der Waals surface area contributed by atoms with Gasteiger partial charge >= 0.3 is 0 Å². The van der Waals surface area contributed by atoms with Crippen molar-refractivity contribution < 1.29 is 5.11 Å². The van der Waals surface area contributed by atoms with Crippen LogP contribution in [-0.4, -0.2) is 24.2 Å². The van der Waals surface area contributed by atoms with E-state index in [0.29, 0.717) is 13.1 Å². The molecule has 4 N–H and O–H groups in total. The van der Waals surface area contributed by atoms with Gasteiger partial charge in [-0.1, -0.05) is 60.7 Å². The molecular formula is C17H22N2O. The van der Waals surface area contributed by atoms with Crippen molar-refractivity contribution in [1.82, 2.24) is 5.32 Å². The molecule has 0 aliphatic rings. The predicted octanol–water partition coefficient (Wildman–Crippen LogP) is 1.86. The lowest BCUT2D eigenvalue weighted by atomic mass is 9.81. The molecule has 0 amide bonds. The molecule has 0 heterocycles. The van der Waals surface area contributed by atoms with E-state index in [1.165, 1.54) is 0 Å². The largest absolute Gasteiger partial charge is 0.379 e. The first-order valence-electron chi connectivity index (χ1n) is 6.96. The highest BCUT2D eigenvalue weighted by molar-refractivity contribution is 5.37. The second-order valence-corrected chi connectivity index (χ2v) is 4.96. The maximum Gasteiger partial charge on any atom is 0.130 e. The minimum atomic E-state index is -1.07. The van der Waals surface area contributed by atoms with Crippen molar-refractivity contribution >= 4 is 0 Å². The molecule has 0 saturated carbocycles. The van der Waals surface area contributed by atoms with Crippen molar-refractivity contribution in [2.75, 3.05) is 13.1 Å². The van der Waals surface area contributed by atoms with E-state index in [2.05, 4.69) is 5.32 Å². The molecular weight excluding hydrogens is 248 g/mol. The van der Waals surface area contributed by atoms with Gasteiger partial charge in [0.15, 0.2) is 0 Å². The zero-order chi connectivity index (χ0) is 14.4. The van der Waals surface area contributed by atoms with Crippen molar-refractivity contribution in [3.8, 4) is 0 Å². The molecule has 2 aromatic carbocycles. The third kappa shape index (κ3) is 2.90. The fourth-order valence-electron chi connectivity index (χ4n) is 2.50. The Morgan fingerprint density at radius 2 is 1.45 bits per heavy atom. The highest BCUT2D eigenvalue weighted by atomic mass is 16.3. The molecule has 2 aromatic rings. The molecule has 1 atom stereocenters. The second kappa shape index (κ2) is 6.66. The Kier molecular flexibility index (Phi) is 4.90. The van der Waals surface area contributed by atoms with E-state index in [-0.39, 0.29) is 6.04 Å². The fourth-order valence-corrected chi connectivity index (χ4v) is 2.50. The Bertz CT molecular complexity index is 474. The highest BCUT2D eigenvalue weighted by Crippen LogP contribution is 2.32. The third-order valence-corrected chi connectivity index (χ3v) is 3.65. The quantitative estimate of drug-likeness (QED) is 0.751. The number of nitrogens with two attached hydrogens (primary N) is 1. The van der Waals surface area contributed by atoms with Gasteiger partial charge in [0.2, 0.25) is 0 Å². The molecule has 2 rings (SSSR count). The van der Waals surface area contributed by atoms with Gasteiger partial charge in [-0.3, -0.25) is 0 Å². The Morgan fingerprint density at radius 3 is 1.85 bits per heavy atom.